The van der Waals surface area contributed by atoms with Crippen molar-refractivity contribution in [1.29, 1.82) is 0 Å². The van der Waals surface area contributed by atoms with E-state index in [2.05, 4.69) is 4.99 Å². The Morgan fingerprint density at radius 1 is 1.04 bits per heavy atom. The van der Waals surface area contributed by atoms with Crippen molar-refractivity contribution < 1.29 is 38.1 Å². The van der Waals surface area contributed by atoms with Crippen molar-refractivity contribution in [1.82, 2.24) is 0 Å². The van der Waals surface area contributed by atoms with Gasteiger partial charge in [-0.05, 0) is 0 Å². The summed E-state index contributed by atoms with van der Waals surface area (Å²) in [7, 11) is 0. The standard InChI is InChI=1S/C14H19NO8/c1-6-15-11-13(22-9(4)18)12(21-8(3)17)10(5-19-7(2)16)23-14(11)20-6/h10-14H,5H2,1-4H3/t10-,11?,12?,13?,14?/m0/s1. The Morgan fingerprint density at radius 2 is 1.65 bits per heavy atom. The quantitative estimate of drug-likeness (QED) is 0.522. The van der Waals surface area contributed by atoms with Crippen molar-refractivity contribution in [3.63, 3.8) is 0 Å². The highest BCUT2D eigenvalue weighted by molar-refractivity contribution is 5.75. The molecule has 128 valence electrons. The molecule has 0 bridgehead atoms. The molecule has 0 aromatic rings. The van der Waals surface area contributed by atoms with Crippen LogP contribution in [-0.4, -0.2) is 61.1 Å². The molecule has 1 saturated heterocycles. The van der Waals surface area contributed by atoms with Crippen LogP contribution >= 0.6 is 0 Å². The molecule has 2 rings (SSSR count). The van der Waals surface area contributed by atoms with E-state index in [0.29, 0.717) is 5.90 Å². The highest BCUT2D eigenvalue weighted by Crippen LogP contribution is 2.32. The van der Waals surface area contributed by atoms with Gasteiger partial charge in [-0.15, -0.1) is 0 Å². The van der Waals surface area contributed by atoms with Gasteiger partial charge in [0.2, 0.25) is 6.29 Å². The molecule has 2 heterocycles. The van der Waals surface area contributed by atoms with Crippen molar-refractivity contribution in [2.24, 2.45) is 4.99 Å². The van der Waals surface area contributed by atoms with Gasteiger partial charge < -0.3 is 23.7 Å². The average Bonchev–Trinajstić information content (AvgIpc) is 2.78. The lowest BCUT2D eigenvalue weighted by Gasteiger charge is -2.40. The Labute approximate surface area is 132 Å². The summed E-state index contributed by atoms with van der Waals surface area (Å²) in [4.78, 5) is 38.1. The van der Waals surface area contributed by atoms with Crippen molar-refractivity contribution in [3.8, 4) is 0 Å². The van der Waals surface area contributed by atoms with Crippen molar-refractivity contribution in [3.05, 3.63) is 0 Å². The normalized spacial score (nSPS) is 32.2. The molecule has 1 fully saturated rings. The van der Waals surface area contributed by atoms with E-state index in [0.717, 1.165) is 0 Å². The SMILES string of the molecule is CC(=O)OC[C@@H]1OC2OC(C)=NC2C(OC(C)=O)C1OC(C)=O. The number of esters is 3. The van der Waals surface area contributed by atoms with Crippen LogP contribution in [0.4, 0.5) is 0 Å². The minimum Gasteiger partial charge on any atom is -0.463 e. The Morgan fingerprint density at radius 3 is 2.22 bits per heavy atom. The molecule has 9 nitrogen and oxygen atoms in total. The Bertz CT molecular complexity index is 531. The van der Waals surface area contributed by atoms with Crippen LogP contribution in [0.5, 0.6) is 0 Å². The number of hydrogen-bond donors (Lipinski definition) is 0. The summed E-state index contributed by atoms with van der Waals surface area (Å²) >= 11 is 0. The molecule has 0 aromatic heterocycles. The molecule has 4 unspecified atom stereocenters. The number of carbonyl (C=O) groups is 3. The molecule has 23 heavy (non-hydrogen) atoms. The second-order valence-corrected chi connectivity index (χ2v) is 5.25. The molecule has 5 atom stereocenters. The summed E-state index contributed by atoms with van der Waals surface area (Å²) in [5.41, 5.74) is 0. The van der Waals surface area contributed by atoms with Crippen LogP contribution in [0.25, 0.3) is 0 Å². The van der Waals surface area contributed by atoms with Crippen molar-refractivity contribution >= 4 is 23.8 Å². The van der Waals surface area contributed by atoms with Crippen LogP contribution in [0, 0.1) is 0 Å². The lowest BCUT2D eigenvalue weighted by Crippen LogP contribution is -2.60. The molecule has 0 spiro atoms. The number of fused-ring (bicyclic) bond motifs is 1. The number of carbonyl (C=O) groups excluding carboxylic acids is 3. The van der Waals surface area contributed by atoms with E-state index in [1.807, 2.05) is 0 Å². The summed E-state index contributed by atoms with van der Waals surface area (Å²) in [5, 5.41) is 0. The average molecular weight is 329 g/mol. The number of rotatable bonds is 4. The van der Waals surface area contributed by atoms with Gasteiger partial charge in [0.25, 0.3) is 0 Å². The van der Waals surface area contributed by atoms with Gasteiger partial charge in [-0.25, -0.2) is 4.99 Å². The maximum Gasteiger partial charge on any atom is 0.303 e. The van der Waals surface area contributed by atoms with E-state index < -0.39 is 48.6 Å². The van der Waals surface area contributed by atoms with Gasteiger partial charge in [0.15, 0.2) is 24.1 Å². The van der Waals surface area contributed by atoms with Gasteiger partial charge in [-0.3, -0.25) is 14.4 Å². The van der Waals surface area contributed by atoms with E-state index in [-0.39, 0.29) is 6.61 Å². The molecule has 2 aliphatic heterocycles. The van der Waals surface area contributed by atoms with Crippen LogP contribution in [0.1, 0.15) is 27.7 Å². The molecule has 9 heteroatoms. The first kappa shape index (κ1) is 17.2. The van der Waals surface area contributed by atoms with E-state index in [9.17, 15) is 14.4 Å². The largest absolute Gasteiger partial charge is 0.463 e. The third-order valence-corrected chi connectivity index (χ3v) is 3.29. The van der Waals surface area contributed by atoms with E-state index >= 15 is 0 Å². The minimum absolute atomic E-state index is 0.170. The van der Waals surface area contributed by atoms with Crippen LogP contribution < -0.4 is 0 Å². The zero-order valence-electron chi connectivity index (χ0n) is 13.3. The number of ether oxygens (including phenoxy) is 5. The molecule has 0 aromatic carbocycles. The van der Waals surface area contributed by atoms with Crippen LogP contribution in [0.15, 0.2) is 4.99 Å². The fraction of sp³-hybridized carbons (Fsp3) is 0.714. The molecular weight excluding hydrogens is 310 g/mol. The maximum absolute atomic E-state index is 11.4. The Hall–Kier alpha value is -2.16. The summed E-state index contributed by atoms with van der Waals surface area (Å²) in [6.45, 7) is 5.17. The van der Waals surface area contributed by atoms with E-state index in [1.165, 1.54) is 20.8 Å². The molecule has 0 aliphatic carbocycles. The molecular formula is C14H19NO8. The number of nitrogens with zero attached hydrogens (tertiary/aromatic N) is 1. The predicted molar refractivity (Wildman–Crippen MR) is 74.4 cm³/mol. The van der Waals surface area contributed by atoms with E-state index in [1.54, 1.807) is 6.92 Å². The van der Waals surface area contributed by atoms with Crippen LogP contribution in [0.3, 0.4) is 0 Å². The minimum atomic E-state index is -0.963. The molecule has 2 aliphatic rings. The monoisotopic (exact) mass is 329 g/mol. The first-order valence-corrected chi connectivity index (χ1v) is 7.12. The Balaban J connectivity index is 2.26. The third-order valence-electron chi connectivity index (χ3n) is 3.29. The summed E-state index contributed by atoms with van der Waals surface area (Å²) < 4.78 is 26.5. The lowest BCUT2D eigenvalue weighted by atomic mass is 9.97. The third kappa shape index (κ3) is 4.19. The van der Waals surface area contributed by atoms with Gasteiger partial charge >= 0.3 is 17.9 Å². The number of hydrogen-bond acceptors (Lipinski definition) is 9. The highest BCUT2D eigenvalue weighted by Gasteiger charge is 2.53. The van der Waals surface area contributed by atoms with Crippen molar-refractivity contribution in [2.45, 2.75) is 58.3 Å². The smallest absolute Gasteiger partial charge is 0.303 e. The highest BCUT2D eigenvalue weighted by atomic mass is 16.7. The molecule has 0 amide bonds. The van der Waals surface area contributed by atoms with Crippen LogP contribution in [0.2, 0.25) is 0 Å². The second-order valence-electron chi connectivity index (χ2n) is 5.25. The number of aliphatic imine (C=N–C) groups is 1. The zero-order chi connectivity index (χ0) is 17.1. The summed E-state index contributed by atoms with van der Waals surface area (Å²) in [6.07, 6.45) is -3.50. The molecule has 0 radical (unpaired) electrons. The van der Waals surface area contributed by atoms with Gasteiger partial charge in [-0.1, -0.05) is 0 Å². The van der Waals surface area contributed by atoms with E-state index in [4.69, 9.17) is 23.7 Å². The predicted octanol–water partition coefficient (Wildman–Crippen LogP) is -0.0450. The van der Waals surface area contributed by atoms with Gasteiger partial charge in [0.05, 0.1) is 0 Å². The molecule has 0 N–H and O–H groups in total. The zero-order valence-corrected chi connectivity index (χ0v) is 13.3. The first-order valence-electron chi connectivity index (χ1n) is 7.12. The Kier molecular flexibility index (Phi) is 5.19. The topological polar surface area (TPSA) is 110 Å². The second kappa shape index (κ2) is 6.95. The van der Waals surface area contributed by atoms with Crippen molar-refractivity contribution in [2.75, 3.05) is 6.61 Å². The first-order chi connectivity index (χ1) is 10.8. The fourth-order valence-electron chi connectivity index (χ4n) is 2.53. The lowest BCUT2D eigenvalue weighted by molar-refractivity contribution is -0.249. The maximum atomic E-state index is 11.4. The molecule has 0 saturated carbocycles. The van der Waals surface area contributed by atoms with Gasteiger partial charge in [0, 0.05) is 27.7 Å². The van der Waals surface area contributed by atoms with Gasteiger partial charge in [0.1, 0.15) is 12.7 Å². The fourth-order valence-corrected chi connectivity index (χ4v) is 2.53. The van der Waals surface area contributed by atoms with Crippen LogP contribution in [-0.2, 0) is 38.1 Å². The summed E-state index contributed by atoms with van der Waals surface area (Å²) in [6, 6.07) is -0.656. The summed E-state index contributed by atoms with van der Waals surface area (Å²) in [5.74, 6) is -1.28. The van der Waals surface area contributed by atoms with Gasteiger partial charge in [-0.2, -0.15) is 0 Å².